The van der Waals surface area contributed by atoms with Gasteiger partial charge in [0.1, 0.15) is 5.69 Å². The van der Waals surface area contributed by atoms with Gasteiger partial charge in [0.15, 0.2) is 0 Å². The first-order valence-electron chi connectivity index (χ1n) is 6.76. The molecule has 2 aromatic carbocycles. The maximum Gasteiger partial charge on any atom is 0.338 e. The first-order chi connectivity index (χ1) is 11.0. The largest absolute Gasteiger partial charge is 0.465 e. The standard InChI is InChI=1S/C16H15N3O4/c1-11(12-7-3-4-8-13(12)16(20)23-2)17-18-14-9-5-6-10-15(14)19(21)22/h3-10,18H,1-2H3/b17-11+. The second-order valence-electron chi connectivity index (χ2n) is 4.62. The Morgan fingerprint density at radius 3 is 2.39 bits per heavy atom. The van der Waals surface area contributed by atoms with Crippen molar-refractivity contribution in [2.75, 3.05) is 12.5 Å². The number of nitro groups is 1. The lowest BCUT2D eigenvalue weighted by Gasteiger charge is -2.08. The summed E-state index contributed by atoms with van der Waals surface area (Å²) in [6.07, 6.45) is 0. The molecule has 0 aliphatic carbocycles. The second kappa shape index (κ2) is 7.17. The van der Waals surface area contributed by atoms with E-state index in [1.165, 1.54) is 13.2 Å². The summed E-state index contributed by atoms with van der Waals surface area (Å²) in [5, 5.41) is 15.1. The van der Waals surface area contributed by atoms with Crippen LogP contribution in [0.4, 0.5) is 11.4 Å². The van der Waals surface area contributed by atoms with Gasteiger partial charge in [0.2, 0.25) is 0 Å². The Hall–Kier alpha value is -3.22. The van der Waals surface area contributed by atoms with Gasteiger partial charge in [0.05, 0.1) is 23.3 Å². The van der Waals surface area contributed by atoms with Crippen LogP contribution in [0.25, 0.3) is 0 Å². The number of hydrogen-bond donors (Lipinski definition) is 1. The Morgan fingerprint density at radius 1 is 1.13 bits per heavy atom. The van der Waals surface area contributed by atoms with Crippen LogP contribution in [0.1, 0.15) is 22.8 Å². The van der Waals surface area contributed by atoms with E-state index in [9.17, 15) is 14.9 Å². The van der Waals surface area contributed by atoms with Crippen LogP contribution in [0.3, 0.4) is 0 Å². The van der Waals surface area contributed by atoms with Gasteiger partial charge in [-0.05, 0) is 19.1 Å². The number of carbonyl (C=O) groups is 1. The van der Waals surface area contributed by atoms with E-state index in [1.54, 1.807) is 49.4 Å². The monoisotopic (exact) mass is 313 g/mol. The van der Waals surface area contributed by atoms with Crippen LogP contribution < -0.4 is 5.43 Å². The summed E-state index contributed by atoms with van der Waals surface area (Å²) in [5.74, 6) is -0.471. The zero-order valence-corrected chi connectivity index (χ0v) is 12.6. The number of hydrogen-bond acceptors (Lipinski definition) is 6. The molecular formula is C16H15N3O4. The minimum absolute atomic E-state index is 0.0784. The van der Waals surface area contributed by atoms with Crippen molar-refractivity contribution in [3.05, 3.63) is 69.8 Å². The normalized spacial score (nSPS) is 11.0. The number of rotatable bonds is 5. The molecule has 0 radical (unpaired) electrons. The number of ether oxygens (including phenoxy) is 1. The number of carbonyl (C=O) groups excluding carboxylic acids is 1. The van der Waals surface area contributed by atoms with E-state index in [-0.39, 0.29) is 11.4 Å². The fourth-order valence-corrected chi connectivity index (χ4v) is 2.02. The average molecular weight is 313 g/mol. The first-order valence-corrected chi connectivity index (χ1v) is 6.76. The van der Waals surface area contributed by atoms with Crippen molar-refractivity contribution in [1.82, 2.24) is 0 Å². The van der Waals surface area contributed by atoms with Gasteiger partial charge in [-0.3, -0.25) is 15.5 Å². The predicted octanol–water partition coefficient (Wildman–Crippen LogP) is 3.22. The van der Waals surface area contributed by atoms with E-state index < -0.39 is 10.9 Å². The van der Waals surface area contributed by atoms with Crippen molar-refractivity contribution in [1.29, 1.82) is 0 Å². The van der Waals surface area contributed by atoms with Crippen LogP contribution >= 0.6 is 0 Å². The van der Waals surface area contributed by atoms with Crippen LogP contribution in [0.5, 0.6) is 0 Å². The van der Waals surface area contributed by atoms with Crippen LogP contribution in [0.15, 0.2) is 53.6 Å². The van der Waals surface area contributed by atoms with Crippen LogP contribution in [-0.4, -0.2) is 23.7 Å². The van der Waals surface area contributed by atoms with E-state index in [1.807, 2.05) is 0 Å². The topological polar surface area (TPSA) is 93.8 Å². The number of methoxy groups -OCH3 is 1. The van der Waals surface area contributed by atoms with Crippen molar-refractivity contribution in [2.24, 2.45) is 5.10 Å². The van der Waals surface area contributed by atoms with Crippen molar-refractivity contribution >= 4 is 23.1 Å². The zero-order valence-electron chi connectivity index (χ0n) is 12.6. The molecule has 23 heavy (non-hydrogen) atoms. The number of esters is 1. The number of para-hydroxylation sites is 2. The summed E-state index contributed by atoms with van der Waals surface area (Å²) < 4.78 is 4.74. The minimum atomic E-state index is -0.490. The molecule has 1 N–H and O–H groups in total. The number of nitrogens with one attached hydrogen (secondary N) is 1. The Morgan fingerprint density at radius 2 is 1.74 bits per heavy atom. The highest BCUT2D eigenvalue weighted by molar-refractivity contribution is 6.08. The molecule has 0 atom stereocenters. The minimum Gasteiger partial charge on any atom is -0.465 e. The molecule has 0 aliphatic rings. The third kappa shape index (κ3) is 3.70. The molecule has 2 rings (SSSR count). The third-order valence-corrected chi connectivity index (χ3v) is 3.17. The summed E-state index contributed by atoms with van der Waals surface area (Å²) in [6, 6.07) is 13.0. The highest BCUT2D eigenvalue weighted by atomic mass is 16.6. The van der Waals surface area contributed by atoms with Crippen molar-refractivity contribution in [3.63, 3.8) is 0 Å². The molecule has 118 valence electrons. The van der Waals surface area contributed by atoms with Crippen LogP contribution in [-0.2, 0) is 4.74 Å². The lowest BCUT2D eigenvalue weighted by molar-refractivity contribution is -0.384. The third-order valence-electron chi connectivity index (χ3n) is 3.17. The van der Waals surface area contributed by atoms with Crippen LogP contribution in [0.2, 0.25) is 0 Å². The molecule has 0 unspecified atom stereocenters. The van der Waals surface area contributed by atoms with E-state index in [2.05, 4.69) is 10.5 Å². The second-order valence-corrected chi connectivity index (χ2v) is 4.62. The molecule has 7 heteroatoms. The van der Waals surface area contributed by atoms with Gasteiger partial charge in [-0.2, -0.15) is 5.10 Å². The van der Waals surface area contributed by atoms with Crippen molar-refractivity contribution in [2.45, 2.75) is 6.92 Å². The molecule has 0 heterocycles. The fraction of sp³-hybridized carbons (Fsp3) is 0.125. The lowest BCUT2D eigenvalue weighted by Crippen LogP contribution is -2.10. The maximum atomic E-state index is 11.8. The van der Waals surface area contributed by atoms with Gasteiger partial charge < -0.3 is 4.74 Å². The first kappa shape index (κ1) is 16.2. The Kier molecular flexibility index (Phi) is 5.03. The van der Waals surface area contributed by atoms with Gasteiger partial charge in [-0.1, -0.05) is 30.3 Å². The summed E-state index contributed by atoms with van der Waals surface area (Å²) in [5.41, 5.74) is 4.33. The molecule has 0 aromatic heterocycles. The summed E-state index contributed by atoms with van der Waals surface area (Å²) >= 11 is 0. The highest BCUT2D eigenvalue weighted by Crippen LogP contribution is 2.23. The Bertz CT molecular complexity index is 771. The van der Waals surface area contributed by atoms with Gasteiger partial charge in [0.25, 0.3) is 5.69 Å². The lowest BCUT2D eigenvalue weighted by atomic mass is 10.0. The van der Waals surface area contributed by atoms with Gasteiger partial charge in [-0.15, -0.1) is 0 Å². The smallest absolute Gasteiger partial charge is 0.338 e. The molecule has 0 amide bonds. The molecule has 0 saturated heterocycles. The van der Waals surface area contributed by atoms with Crippen molar-refractivity contribution in [3.8, 4) is 0 Å². The quantitative estimate of drug-likeness (QED) is 0.396. The molecule has 0 fully saturated rings. The summed E-state index contributed by atoms with van der Waals surface area (Å²) in [4.78, 5) is 22.3. The number of nitrogens with zero attached hydrogens (tertiary/aromatic N) is 2. The van der Waals surface area contributed by atoms with Gasteiger partial charge in [0, 0.05) is 11.6 Å². The fourth-order valence-electron chi connectivity index (χ4n) is 2.02. The summed E-state index contributed by atoms with van der Waals surface area (Å²) in [7, 11) is 1.30. The highest BCUT2D eigenvalue weighted by Gasteiger charge is 2.14. The molecule has 0 saturated carbocycles. The Labute approximate surface area is 132 Å². The SMILES string of the molecule is COC(=O)c1ccccc1/C(C)=N/Nc1ccccc1[N+](=O)[O-]. The van der Waals surface area contributed by atoms with Gasteiger partial charge in [-0.25, -0.2) is 4.79 Å². The van der Waals surface area contributed by atoms with Crippen molar-refractivity contribution < 1.29 is 14.5 Å². The maximum absolute atomic E-state index is 11.8. The van der Waals surface area contributed by atoms with E-state index in [0.29, 0.717) is 16.8 Å². The molecule has 2 aromatic rings. The predicted molar refractivity (Wildman–Crippen MR) is 86.7 cm³/mol. The number of hydrazone groups is 1. The molecular weight excluding hydrogens is 298 g/mol. The summed E-state index contributed by atoms with van der Waals surface area (Å²) in [6.45, 7) is 1.70. The van der Waals surface area contributed by atoms with E-state index in [4.69, 9.17) is 4.74 Å². The molecule has 0 bridgehead atoms. The molecule has 0 spiro atoms. The number of anilines is 1. The van der Waals surface area contributed by atoms with E-state index in [0.717, 1.165) is 0 Å². The van der Waals surface area contributed by atoms with Crippen LogP contribution in [0, 0.1) is 10.1 Å². The molecule has 7 nitrogen and oxygen atoms in total. The number of benzene rings is 2. The number of nitro benzene ring substituents is 1. The van der Waals surface area contributed by atoms with E-state index >= 15 is 0 Å². The zero-order chi connectivity index (χ0) is 16.8. The molecule has 0 aliphatic heterocycles. The average Bonchev–Trinajstić information content (AvgIpc) is 2.59. The van der Waals surface area contributed by atoms with Gasteiger partial charge >= 0.3 is 5.97 Å². The Balaban J connectivity index is 2.32.